The number of anilines is 1. The van der Waals surface area contributed by atoms with E-state index in [4.69, 9.17) is 0 Å². The van der Waals surface area contributed by atoms with Crippen molar-refractivity contribution in [1.29, 1.82) is 0 Å². The van der Waals surface area contributed by atoms with Crippen molar-refractivity contribution in [3.63, 3.8) is 0 Å². The lowest BCUT2D eigenvalue weighted by Gasteiger charge is -2.24. The summed E-state index contributed by atoms with van der Waals surface area (Å²) in [6.07, 6.45) is 0. The molecule has 0 saturated heterocycles. The normalized spacial score (nSPS) is 12.0. The maximum Gasteiger partial charge on any atom is 0.241 e. The van der Waals surface area contributed by atoms with Crippen molar-refractivity contribution in [1.82, 2.24) is 4.90 Å². The number of hydrogen-bond donors (Lipinski definition) is 1. The van der Waals surface area contributed by atoms with Crippen molar-refractivity contribution in [2.45, 2.75) is 26.4 Å². The van der Waals surface area contributed by atoms with Gasteiger partial charge in [-0.2, -0.15) is 0 Å². The van der Waals surface area contributed by atoms with Gasteiger partial charge in [0.1, 0.15) is 0 Å². The van der Waals surface area contributed by atoms with E-state index in [-0.39, 0.29) is 11.9 Å². The van der Waals surface area contributed by atoms with Crippen molar-refractivity contribution in [3.05, 3.63) is 90.0 Å². The third kappa shape index (κ3) is 4.83. The number of likely N-dealkylation sites (N-methyl/N-ethyl adjacent to an activating group) is 1. The number of aryl methyl sites for hydroxylation is 1. The van der Waals surface area contributed by atoms with Crippen molar-refractivity contribution in [2.75, 3.05) is 12.4 Å². The first-order valence-corrected chi connectivity index (χ1v) is 9.25. The molecule has 3 aromatic carbocycles. The Morgan fingerprint density at radius 1 is 0.926 bits per heavy atom. The molecule has 27 heavy (non-hydrogen) atoms. The minimum atomic E-state index is -0.241. The Labute approximate surface area is 161 Å². The van der Waals surface area contributed by atoms with E-state index in [1.165, 1.54) is 11.1 Å². The zero-order valence-corrected chi connectivity index (χ0v) is 16.1. The molecule has 0 aliphatic rings. The fourth-order valence-corrected chi connectivity index (χ4v) is 3.02. The van der Waals surface area contributed by atoms with E-state index >= 15 is 0 Å². The highest BCUT2D eigenvalue weighted by Gasteiger charge is 2.19. The van der Waals surface area contributed by atoms with Crippen LogP contribution in [0.2, 0.25) is 0 Å². The van der Waals surface area contributed by atoms with Gasteiger partial charge in [-0.05, 0) is 38.1 Å². The monoisotopic (exact) mass is 358 g/mol. The number of rotatable bonds is 6. The number of nitrogens with one attached hydrogen (secondary N) is 1. The molecule has 138 valence electrons. The average molecular weight is 358 g/mol. The van der Waals surface area contributed by atoms with Crippen LogP contribution in [0, 0.1) is 6.92 Å². The van der Waals surface area contributed by atoms with Crippen LogP contribution in [0.3, 0.4) is 0 Å². The number of benzene rings is 3. The van der Waals surface area contributed by atoms with Crippen LogP contribution in [0.1, 0.15) is 18.1 Å². The minimum absolute atomic E-state index is 0.00649. The SMILES string of the molecule is Cc1ccc(CN(C)C(C)C(=O)Nc2ccccc2-c2ccccc2)cc1. The van der Waals surface area contributed by atoms with Gasteiger partial charge in [0.05, 0.1) is 6.04 Å². The van der Waals surface area contributed by atoms with Crippen LogP contribution in [0.25, 0.3) is 11.1 Å². The second-order valence-corrected chi connectivity index (χ2v) is 6.98. The molecule has 3 nitrogen and oxygen atoms in total. The predicted molar refractivity (Wildman–Crippen MR) is 113 cm³/mol. The molecule has 0 aliphatic heterocycles. The Balaban J connectivity index is 1.70. The molecule has 3 aromatic rings. The lowest BCUT2D eigenvalue weighted by molar-refractivity contribution is -0.120. The molecule has 0 heterocycles. The van der Waals surface area contributed by atoms with E-state index in [2.05, 4.69) is 53.5 Å². The van der Waals surface area contributed by atoms with Gasteiger partial charge in [0, 0.05) is 17.8 Å². The molecule has 1 atom stereocenters. The van der Waals surface area contributed by atoms with E-state index in [1.807, 2.05) is 56.4 Å². The van der Waals surface area contributed by atoms with E-state index in [0.29, 0.717) is 0 Å². The van der Waals surface area contributed by atoms with Gasteiger partial charge in [-0.15, -0.1) is 0 Å². The van der Waals surface area contributed by atoms with Gasteiger partial charge in [0.2, 0.25) is 5.91 Å². The average Bonchev–Trinajstić information content (AvgIpc) is 2.70. The number of carbonyl (C=O) groups is 1. The molecular formula is C24H26N2O. The number of nitrogens with zero attached hydrogens (tertiary/aromatic N) is 1. The van der Waals surface area contributed by atoms with Crippen LogP contribution in [0.15, 0.2) is 78.9 Å². The van der Waals surface area contributed by atoms with Crippen molar-refractivity contribution in [3.8, 4) is 11.1 Å². The quantitative estimate of drug-likeness (QED) is 0.663. The standard InChI is InChI=1S/C24H26N2O/c1-18-13-15-20(16-14-18)17-26(3)19(2)24(27)25-23-12-8-7-11-22(23)21-9-5-4-6-10-21/h4-16,19H,17H2,1-3H3,(H,25,27). The van der Waals surface area contributed by atoms with Gasteiger partial charge < -0.3 is 5.32 Å². The summed E-state index contributed by atoms with van der Waals surface area (Å²) in [7, 11) is 1.98. The molecule has 0 bridgehead atoms. The summed E-state index contributed by atoms with van der Waals surface area (Å²) in [4.78, 5) is 14.9. The molecule has 1 amide bonds. The largest absolute Gasteiger partial charge is 0.324 e. The fourth-order valence-electron chi connectivity index (χ4n) is 3.02. The summed E-state index contributed by atoms with van der Waals surface area (Å²) >= 11 is 0. The molecule has 3 rings (SSSR count). The molecular weight excluding hydrogens is 332 g/mol. The number of amides is 1. The molecule has 3 heteroatoms. The first kappa shape index (κ1) is 18.9. The first-order chi connectivity index (χ1) is 13.0. The summed E-state index contributed by atoms with van der Waals surface area (Å²) in [5, 5.41) is 3.10. The molecule has 1 unspecified atom stereocenters. The Kier molecular flexibility index (Phi) is 6.05. The maximum atomic E-state index is 12.8. The molecule has 1 N–H and O–H groups in total. The molecule has 0 aliphatic carbocycles. The Hall–Kier alpha value is -2.91. The van der Waals surface area contributed by atoms with Crippen LogP contribution in [-0.4, -0.2) is 23.9 Å². The summed E-state index contributed by atoms with van der Waals surface area (Å²) in [6.45, 7) is 4.75. The molecule has 0 aromatic heterocycles. The highest BCUT2D eigenvalue weighted by atomic mass is 16.2. The Morgan fingerprint density at radius 2 is 1.56 bits per heavy atom. The summed E-state index contributed by atoms with van der Waals surface area (Å²) in [5.74, 6) is -0.00649. The molecule has 0 radical (unpaired) electrons. The molecule has 0 saturated carbocycles. The first-order valence-electron chi connectivity index (χ1n) is 9.25. The lowest BCUT2D eigenvalue weighted by atomic mass is 10.0. The van der Waals surface area contributed by atoms with Crippen LogP contribution in [0.5, 0.6) is 0 Å². The third-order valence-electron chi connectivity index (χ3n) is 4.86. The van der Waals surface area contributed by atoms with Gasteiger partial charge in [0.25, 0.3) is 0 Å². The highest BCUT2D eigenvalue weighted by molar-refractivity contribution is 5.98. The zero-order chi connectivity index (χ0) is 19.2. The summed E-state index contributed by atoms with van der Waals surface area (Å²) in [5.41, 5.74) is 5.40. The topological polar surface area (TPSA) is 32.3 Å². The third-order valence-corrected chi connectivity index (χ3v) is 4.86. The Morgan fingerprint density at radius 3 is 2.26 bits per heavy atom. The molecule has 0 spiro atoms. The van der Waals surface area contributed by atoms with Crippen LogP contribution < -0.4 is 5.32 Å². The lowest BCUT2D eigenvalue weighted by Crippen LogP contribution is -2.39. The van der Waals surface area contributed by atoms with E-state index in [9.17, 15) is 4.79 Å². The second kappa shape index (κ2) is 8.65. The van der Waals surface area contributed by atoms with Gasteiger partial charge in [-0.1, -0.05) is 78.4 Å². The van der Waals surface area contributed by atoms with Crippen molar-refractivity contribution in [2.24, 2.45) is 0 Å². The number of para-hydroxylation sites is 1. The number of hydrogen-bond acceptors (Lipinski definition) is 2. The van der Waals surface area contributed by atoms with Gasteiger partial charge in [0.15, 0.2) is 0 Å². The van der Waals surface area contributed by atoms with Gasteiger partial charge in [-0.3, -0.25) is 9.69 Å². The van der Waals surface area contributed by atoms with E-state index < -0.39 is 0 Å². The Bertz CT molecular complexity index is 888. The minimum Gasteiger partial charge on any atom is -0.324 e. The summed E-state index contributed by atoms with van der Waals surface area (Å²) < 4.78 is 0. The van der Waals surface area contributed by atoms with Crippen LogP contribution in [-0.2, 0) is 11.3 Å². The maximum absolute atomic E-state index is 12.8. The molecule has 0 fully saturated rings. The van der Waals surface area contributed by atoms with Gasteiger partial charge >= 0.3 is 0 Å². The van der Waals surface area contributed by atoms with Crippen molar-refractivity contribution >= 4 is 11.6 Å². The van der Waals surface area contributed by atoms with Gasteiger partial charge in [-0.25, -0.2) is 0 Å². The number of carbonyl (C=O) groups excluding carboxylic acids is 1. The predicted octanol–water partition coefficient (Wildman–Crippen LogP) is 5.12. The van der Waals surface area contributed by atoms with E-state index in [1.54, 1.807) is 0 Å². The zero-order valence-electron chi connectivity index (χ0n) is 16.1. The summed E-state index contributed by atoms with van der Waals surface area (Å²) in [6, 6.07) is 26.2. The fraction of sp³-hybridized carbons (Fsp3) is 0.208. The highest BCUT2D eigenvalue weighted by Crippen LogP contribution is 2.27. The smallest absolute Gasteiger partial charge is 0.241 e. The second-order valence-electron chi connectivity index (χ2n) is 6.98. The van der Waals surface area contributed by atoms with Crippen LogP contribution >= 0.6 is 0 Å². The van der Waals surface area contributed by atoms with Crippen LogP contribution in [0.4, 0.5) is 5.69 Å². The van der Waals surface area contributed by atoms with E-state index in [0.717, 1.165) is 23.4 Å². The van der Waals surface area contributed by atoms with Crippen molar-refractivity contribution < 1.29 is 4.79 Å².